The average molecular weight is 368 g/mol. The number of hydrogen-bond donors (Lipinski definition) is 1. The van der Waals surface area contributed by atoms with Crippen molar-refractivity contribution >= 4 is 23.4 Å². The van der Waals surface area contributed by atoms with Crippen LogP contribution in [0.1, 0.15) is 13.8 Å². The van der Waals surface area contributed by atoms with E-state index in [9.17, 15) is 4.79 Å². The molecule has 8 heteroatoms. The zero-order valence-corrected chi connectivity index (χ0v) is 15.5. The number of amides is 1. The van der Waals surface area contributed by atoms with Crippen LogP contribution >= 0.6 is 11.8 Å². The summed E-state index contributed by atoms with van der Waals surface area (Å²) < 4.78 is 2.05. The van der Waals surface area contributed by atoms with Gasteiger partial charge in [-0.3, -0.25) is 14.8 Å². The number of thioether (sulfide) groups is 1. The van der Waals surface area contributed by atoms with Gasteiger partial charge < -0.3 is 9.88 Å². The van der Waals surface area contributed by atoms with E-state index in [0.29, 0.717) is 11.6 Å². The van der Waals surface area contributed by atoms with Crippen LogP contribution in [0.25, 0.3) is 11.4 Å². The summed E-state index contributed by atoms with van der Waals surface area (Å²) in [6.07, 6.45) is 6.78. The zero-order valence-electron chi connectivity index (χ0n) is 14.7. The van der Waals surface area contributed by atoms with Gasteiger partial charge in [0.05, 0.1) is 17.6 Å². The van der Waals surface area contributed by atoms with Crippen molar-refractivity contribution in [3.8, 4) is 11.4 Å². The van der Waals surface area contributed by atoms with Gasteiger partial charge >= 0.3 is 0 Å². The predicted molar refractivity (Wildman–Crippen MR) is 102 cm³/mol. The van der Waals surface area contributed by atoms with Crippen molar-refractivity contribution in [3.63, 3.8) is 0 Å². The van der Waals surface area contributed by atoms with Crippen LogP contribution < -0.4 is 5.32 Å². The van der Waals surface area contributed by atoms with Crippen molar-refractivity contribution in [2.45, 2.75) is 25.5 Å². The van der Waals surface area contributed by atoms with E-state index in [1.807, 2.05) is 16.7 Å². The van der Waals surface area contributed by atoms with Crippen LogP contribution in [0.3, 0.4) is 0 Å². The largest absolute Gasteiger partial charge is 0.324 e. The van der Waals surface area contributed by atoms with E-state index in [0.717, 1.165) is 23.1 Å². The Morgan fingerprint density at radius 2 is 1.92 bits per heavy atom. The monoisotopic (exact) mass is 368 g/mol. The number of aromatic nitrogens is 5. The fourth-order valence-corrected chi connectivity index (χ4v) is 3.15. The Bertz CT molecular complexity index is 851. The molecule has 0 aliphatic rings. The molecule has 0 aromatic carbocycles. The Morgan fingerprint density at radius 3 is 2.58 bits per heavy atom. The van der Waals surface area contributed by atoms with E-state index < -0.39 is 0 Å². The lowest BCUT2D eigenvalue weighted by Gasteiger charge is -2.12. The minimum Gasteiger partial charge on any atom is -0.324 e. The first kappa shape index (κ1) is 18.1. The van der Waals surface area contributed by atoms with Gasteiger partial charge in [-0.2, -0.15) is 0 Å². The number of pyridine rings is 2. The molecule has 3 aromatic rings. The summed E-state index contributed by atoms with van der Waals surface area (Å²) in [5, 5.41) is 12.1. The number of carbonyl (C=O) groups is 1. The average Bonchev–Trinajstić information content (AvgIpc) is 3.03. The SMILES string of the molecule is CC(C)Cn1c(SCC(=O)Nc2cccnc2)nnc1-c1cccnc1. The summed E-state index contributed by atoms with van der Waals surface area (Å²) in [6, 6.07) is 7.41. The lowest BCUT2D eigenvalue weighted by atomic mass is 10.2. The van der Waals surface area contributed by atoms with Crippen LogP contribution in [0, 0.1) is 5.92 Å². The van der Waals surface area contributed by atoms with Crippen LogP contribution in [0.4, 0.5) is 5.69 Å². The molecular weight excluding hydrogens is 348 g/mol. The van der Waals surface area contributed by atoms with Crippen LogP contribution in [-0.4, -0.2) is 36.4 Å². The quantitative estimate of drug-likeness (QED) is 0.645. The van der Waals surface area contributed by atoms with Crippen LogP contribution in [-0.2, 0) is 11.3 Å². The first-order valence-electron chi connectivity index (χ1n) is 8.29. The van der Waals surface area contributed by atoms with Crippen molar-refractivity contribution in [2.75, 3.05) is 11.1 Å². The minimum atomic E-state index is -0.106. The van der Waals surface area contributed by atoms with E-state index in [1.165, 1.54) is 11.8 Å². The van der Waals surface area contributed by atoms with Crippen molar-refractivity contribution in [3.05, 3.63) is 49.1 Å². The second kappa shape index (κ2) is 8.57. The molecule has 0 spiro atoms. The molecule has 0 aliphatic heterocycles. The predicted octanol–water partition coefficient (Wildman–Crippen LogP) is 3.12. The van der Waals surface area contributed by atoms with Gasteiger partial charge in [-0.05, 0) is 30.2 Å². The summed E-state index contributed by atoms with van der Waals surface area (Å²) in [5.74, 6) is 1.33. The molecule has 0 radical (unpaired) electrons. The third-order valence-corrected chi connectivity index (χ3v) is 4.43. The molecule has 0 aliphatic carbocycles. The highest BCUT2D eigenvalue weighted by Crippen LogP contribution is 2.24. The van der Waals surface area contributed by atoms with Gasteiger partial charge in [0.1, 0.15) is 0 Å². The number of carbonyl (C=O) groups excluding carboxylic acids is 1. The molecule has 3 aromatic heterocycles. The second-order valence-corrected chi connectivity index (χ2v) is 7.07. The first-order chi connectivity index (χ1) is 12.6. The van der Waals surface area contributed by atoms with Gasteiger partial charge in [0, 0.05) is 30.7 Å². The highest BCUT2D eigenvalue weighted by Gasteiger charge is 2.16. The third kappa shape index (κ3) is 4.66. The van der Waals surface area contributed by atoms with Crippen LogP contribution in [0.5, 0.6) is 0 Å². The molecule has 3 rings (SSSR count). The molecule has 26 heavy (non-hydrogen) atoms. The maximum absolute atomic E-state index is 12.2. The van der Waals surface area contributed by atoms with Gasteiger partial charge in [0.25, 0.3) is 0 Å². The number of rotatable bonds is 7. The van der Waals surface area contributed by atoms with Crippen molar-refractivity contribution in [1.29, 1.82) is 0 Å². The van der Waals surface area contributed by atoms with Gasteiger partial charge in [0.2, 0.25) is 5.91 Å². The Hall–Kier alpha value is -2.74. The maximum atomic E-state index is 12.2. The zero-order chi connectivity index (χ0) is 18.4. The summed E-state index contributed by atoms with van der Waals surface area (Å²) in [7, 11) is 0. The Morgan fingerprint density at radius 1 is 1.15 bits per heavy atom. The van der Waals surface area contributed by atoms with Gasteiger partial charge in [0.15, 0.2) is 11.0 Å². The number of nitrogens with zero attached hydrogens (tertiary/aromatic N) is 5. The third-order valence-electron chi connectivity index (χ3n) is 3.46. The first-order valence-corrected chi connectivity index (χ1v) is 9.28. The molecule has 0 bridgehead atoms. The molecule has 134 valence electrons. The number of nitrogens with one attached hydrogen (secondary N) is 1. The molecule has 7 nitrogen and oxygen atoms in total. The van der Waals surface area contributed by atoms with E-state index in [1.54, 1.807) is 36.9 Å². The lowest BCUT2D eigenvalue weighted by molar-refractivity contribution is -0.113. The molecule has 0 saturated heterocycles. The van der Waals surface area contributed by atoms with E-state index in [4.69, 9.17) is 0 Å². The summed E-state index contributed by atoms with van der Waals surface area (Å²) in [4.78, 5) is 20.3. The number of anilines is 1. The highest BCUT2D eigenvalue weighted by atomic mass is 32.2. The molecule has 3 heterocycles. The standard InChI is InChI=1S/C18H20N6OS/c1-13(2)11-24-17(14-5-3-7-19-9-14)22-23-18(24)26-12-16(25)21-15-6-4-8-20-10-15/h3-10,13H,11-12H2,1-2H3,(H,21,25). The van der Waals surface area contributed by atoms with Gasteiger partial charge in [-0.1, -0.05) is 25.6 Å². The van der Waals surface area contributed by atoms with Crippen molar-refractivity contribution in [2.24, 2.45) is 5.92 Å². The van der Waals surface area contributed by atoms with E-state index in [-0.39, 0.29) is 11.7 Å². The Balaban J connectivity index is 1.73. The molecule has 1 amide bonds. The Labute approximate surface area is 156 Å². The summed E-state index contributed by atoms with van der Waals surface area (Å²) >= 11 is 1.37. The second-order valence-electron chi connectivity index (χ2n) is 6.13. The topological polar surface area (TPSA) is 85.6 Å². The molecule has 0 fully saturated rings. The fraction of sp³-hybridized carbons (Fsp3) is 0.278. The number of hydrogen-bond acceptors (Lipinski definition) is 6. The highest BCUT2D eigenvalue weighted by molar-refractivity contribution is 7.99. The van der Waals surface area contributed by atoms with Crippen molar-refractivity contribution in [1.82, 2.24) is 24.7 Å². The molecule has 0 saturated carbocycles. The van der Waals surface area contributed by atoms with Gasteiger partial charge in [-0.25, -0.2) is 0 Å². The van der Waals surface area contributed by atoms with Crippen molar-refractivity contribution < 1.29 is 4.79 Å². The lowest BCUT2D eigenvalue weighted by Crippen LogP contribution is -2.15. The fourth-order valence-electron chi connectivity index (χ4n) is 2.40. The van der Waals surface area contributed by atoms with E-state index in [2.05, 4.69) is 39.3 Å². The summed E-state index contributed by atoms with van der Waals surface area (Å²) in [6.45, 7) is 5.04. The van der Waals surface area contributed by atoms with Crippen LogP contribution in [0.2, 0.25) is 0 Å². The normalized spacial score (nSPS) is 10.9. The van der Waals surface area contributed by atoms with Crippen LogP contribution in [0.15, 0.2) is 54.2 Å². The molecule has 1 N–H and O–H groups in total. The molecule has 0 unspecified atom stereocenters. The molecular formula is C18H20N6OS. The maximum Gasteiger partial charge on any atom is 0.234 e. The smallest absolute Gasteiger partial charge is 0.234 e. The van der Waals surface area contributed by atoms with E-state index >= 15 is 0 Å². The van der Waals surface area contributed by atoms with Gasteiger partial charge in [-0.15, -0.1) is 10.2 Å². The summed E-state index contributed by atoms with van der Waals surface area (Å²) in [5.41, 5.74) is 1.59. The Kier molecular flexibility index (Phi) is 5.96. The minimum absolute atomic E-state index is 0.106. The molecule has 0 atom stereocenters.